The molecule has 0 aliphatic heterocycles. The molecule has 0 bridgehead atoms. The molecule has 0 radical (unpaired) electrons. The Kier molecular flexibility index (Phi) is 3.65. The van der Waals surface area contributed by atoms with Gasteiger partial charge in [-0.15, -0.1) is 0 Å². The number of Topliss-reactive ketones (excluding diaryl/α,β-unsaturated/α-hetero) is 1. The summed E-state index contributed by atoms with van der Waals surface area (Å²) in [6.45, 7) is 4.94. The minimum absolute atomic E-state index is 0.0775. The highest BCUT2D eigenvalue weighted by atomic mass is 19.4. The second-order valence-electron chi connectivity index (χ2n) is 4.93. The van der Waals surface area contributed by atoms with E-state index in [0.29, 0.717) is 0 Å². The molecule has 0 saturated carbocycles. The third kappa shape index (κ3) is 2.84. The fourth-order valence-corrected chi connectivity index (χ4v) is 2.29. The Morgan fingerprint density at radius 1 is 1.24 bits per heavy atom. The van der Waals surface area contributed by atoms with Gasteiger partial charge >= 0.3 is 6.18 Å². The number of carbonyl (C=O) groups excluding carboxylic acids is 1. The molecular formula is C13H15F3N4O. The monoisotopic (exact) mass is 300 g/mol. The average molecular weight is 300 g/mol. The van der Waals surface area contributed by atoms with Crippen molar-refractivity contribution in [2.45, 2.75) is 33.5 Å². The molecule has 21 heavy (non-hydrogen) atoms. The predicted octanol–water partition coefficient (Wildman–Crippen LogP) is 2.34. The lowest BCUT2D eigenvalue weighted by molar-refractivity contribution is -0.0886. The van der Waals surface area contributed by atoms with Crippen LogP contribution in [0.1, 0.15) is 33.1 Å². The largest absolute Gasteiger partial charge is 0.455 e. The van der Waals surface area contributed by atoms with Gasteiger partial charge in [0.1, 0.15) is 0 Å². The van der Waals surface area contributed by atoms with Crippen molar-refractivity contribution >= 4 is 5.78 Å². The highest BCUT2D eigenvalue weighted by molar-refractivity contribution is 6.02. The molecule has 2 aromatic heterocycles. The Hall–Kier alpha value is -2.12. The van der Waals surface area contributed by atoms with Crippen LogP contribution in [0, 0.1) is 20.8 Å². The van der Waals surface area contributed by atoms with Gasteiger partial charge in [0.05, 0.1) is 29.2 Å². The molecule has 0 spiro atoms. The molecule has 0 fully saturated rings. The summed E-state index contributed by atoms with van der Waals surface area (Å²) in [7, 11) is 1.75. The van der Waals surface area contributed by atoms with Gasteiger partial charge in [-0.2, -0.15) is 23.4 Å². The van der Waals surface area contributed by atoms with Crippen molar-refractivity contribution < 1.29 is 18.0 Å². The van der Waals surface area contributed by atoms with Crippen LogP contribution in [-0.4, -0.2) is 31.5 Å². The molecule has 2 aromatic rings. The maximum Gasteiger partial charge on any atom is 0.455 e. The number of rotatable bonds is 3. The molecule has 0 atom stereocenters. The summed E-state index contributed by atoms with van der Waals surface area (Å²) in [5.74, 6) is -1.86. The number of aryl methyl sites for hydroxylation is 3. The first-order valence-electron chi connectivity index (χ1n) is 6.26. The minimum Gasteiger partial charge on any atom is -0.284 e. The summed E-state index contributed by atoms with van der Waals surface area (Å²) in [6, 6.07) is 1.82. The Balaban J connectivity index is 2.40. The Bertz CT molecular complexity index is 697. The molecule has 0 N–H and O–H groups in total. The van der Waals surface area contributed by atoms with E-state index in [1.807, 2.05) is 13.0 Å². The Morgan fingerprint density at radius 2 is 1.86 bits per heavy atom. The molecule has 0 unspecified atom stereocenters. The average Bonchev–Trinajstić information content (AvgIpc) is 2.78. The van der Waals surface area contributed by atoms with Crippen LogP contribution in [0.4, 0.5) is 13.2 Å². The molecule has 0 aliphatic rings. The van der Waals surface area contributed by atoms with Gasteiger partial charge in [0.2, 0.25) is 0 Å². The minimum atomic E-state index is -4.90. The molecule has 0 amide bonds. The van der Waals surface area contributed by atoms with E-state index in [2.05, 4.69) is 10.2 Å². The van der Waals surface area contributed by atoms with Gasteiger partial charge in [-0.05, 0) is 26.8 Å². The first-order chi connectivity index (χ1) is 9.61. The number of aromatic nitrogens is 4. The van der Waals surface area contributed by atoms with Crippen LogP contribution in [0.25, 0.3) is 0 Å². The topological polar surface area (TPSA) is 52.7 Å². The molecule has 2 heterocycles. The van der Waals surface area contributed by atoms with E-state index in [1.165, 1.54) is 18.5 Å². The number of nitrogens with zero attached hydrogens (tertiary/aromatic N) is 4. The van der Waals surface area contributed by atoms with Crippen molar-refractivity contribution in [2.75, 3.05) is 0 Å². The fraction of sp³-hybridized carbons (Fsp3) is 0.462. The van der Waals surface area contributed by atoms with Crippen molar-refractivity contribution in [3.63, 3.8) is 0 Å². The highest BCUT2D eigenvalue weighted by Gasteiger charge is 2.42. The third-order valence-electron chi connectivity index (χ3n) is 3.28. The lowest BCUT2D eigenvalue weighted by Gasteiger charge is -2.07. The molecule has 0 aliphatic carbocycles. The summed E-state index contributed by atoms with van der Waals surface area (Å²) in [6.07, 6.45) is -4.90. The maximum absolute atomic E-state index is 12.6. The van der Waals surface area contributed by atoms with Gasteiger partial charge in [-0.1, -0.05) is 0 Å². The van der Waals surface area contributed by atoms with Crippen molar-refractivity contribution in [2.24, 2.45) is 7.05 Å². The summed E-state index contributed by atoms with van der Waals surface area (Å²) in [4.78, 5) is 11.4. The van der Waals surface area contributed by atoms with Crippen LogP contribution in [-0.2, 0) is 13.6 Å². The third-order valence-corrected chi connectivity index (χ3v) is 3.28. The number of hydrogen-bond acceptors (Lipinski definition) is 3. The molecule has 114 valence electrons. The van der Waals surface area contributed by atoms with Gasteiger partial charge in [0.15, 0.2) is 0 Å². The Labute approximate surface area is 119 Å². The first-order valence-corrected chi connectivity index (χ1v) is 6.26. The lowest BCUT2D eigenvalue weighted by atomic mass is 10.1. The first kappa shape index (κ1) is 15.3. The van der Waals surface area contributed by atoms with Gasteiger partial charge in [-0.3, -0.25) is 14.2 Å². The molecule has 8 heteroatoms. The van der Waals surface area contributed by atoms with E-state index < -0.39 is 12.0 Å². The zero-order valence-electron chi connectivity index (χ0n) is 12.1. The predicted molar refractivity (Wildman–Crippen MR) is 69.1 cm³/mol. The molecule has 0 aromatic carbocycles. The summed E-state index contributed by atoms with van der Waals surface area (Å²) >= 11 is 0. The van der Waals surface area contributed by atoms with E-state index in [4.69, 9.17) is 0 Å². The van der Waals surface area contributed by atoms with E-state index >= 15 is 0 Å². The SMILES string of the molecule is Cc1cc(Cn2nc(C)c(C(=O)C(F)(F)F)c2C)n(C)n1. The van der Waals surface area contributed by atoms with E-state index in [0.717, 1.165) is 11.4 Å². The van der Waals surface area contributed by atoms with Gasteiger partial charge < -0.3 is 0 Å². The lowest BCUT2D eigenvalue weighted by Crippen LogP contribution is -2.24. The van der Waals surface area contributed by atoms with Crippen molar-refractivity contribution in [1.29, 1.82) is 0 Å². The molecule has 2 rings (SSSR count). The molecule has 0 saturated heterocycles. The van der Waals surface area contributed by atoms with Crippen LogP contribution < -0.4 is 0 Å². The molecular weight excluding hydrogens is 285 g/mol. The number of halogens is 3. The second kappa shape index (κ2) is 5.01. The summed E-state index contributed by atoms with van der Waals surface area (Å²) in [5, 5.41) is 8.21. The molecule has 5 nitrogen and oxygen atoms in total. The van der Waals surface area contributed by atoms with Crippen LogP contribution >= 0.6 is 0 Å². The number of hydrogen-bond donors (Lipinski definition) is 0. The highest BCUT2D eigenvalue weighted by Crippen LogP contribution is 2.25. The van der Waals surface area contributed by atoms with Gasteiger partial charge in [0, 0.05) is 12.7 Å². The van der Waals surface area contributed by atoms with Crippen molar-refractivity contribution in [3.8, 4) is 0 Å². The maximum atomic E-state index is 12.6. The fourth-order valence-electron chi connectivity index (χ4n) is 2.29. The van der Waals surface area contributed by atoms with E-state index in [9.17, 15) is 18.0 Å². The number of alkyl halides is 3. The number of ketones is 1. The smallest absolute Gasteiger partial charge is 0.284 e. The normalized spacial score (nSPS) is 12.0. The van der Waals surface area contributed by atoms with Crippen LogP contribution in [0.15, 0.2) is 6.07 Å². The summed E-state index contributed by atoms with van der Waals surface area (Å²) < 4.78 is 40.8. The van der Waals surface area contributed by atoms with Crippen molar-refractivity contribution in [3.05, 3.63) is 34.4 Å². The van der Waals surface area contributed by atoms with Gasteiger partial charge in [0.25, 0.3) is 5.78 Å². The zero-order valence-corrected chi connectivity index (χ0v) is 12.1. The number of carbonyl (C=O) groups is 1. The van der Waals surface area contributed by atoms with Gasteiger partial charge in [-0.25, -0.2) is 0 Å². The standard InChI is InChI=1S/C13H15F3N4O/c1-7-5-10(19(4)17-7)6-20-9(3)11(8(2)18-20)12(21)13(14,15)16/h5H,6H2,1-4H3. The van der Waals surface area contributed by atoms with Crippen LogP contribution in [0.5, 0.6) is 0 Å². The second-order valence-corrected chi connectivity index (χ2v) is 4.93. The zero-order chi connectivity index (χ0) is 15.9. The van der Waals surface area contributed by atoms with Crippen LogP contribution in [0.3, 0.4) is 0 Å². The van der Waals surface area contributed by atoms with E-state index in [-0.39, 0.29) is 23.5 Å². The summed E-state index contributed by atoms with van der Waals surface area (Å²) in [5.41, 5.74) is 1.51. The van der Waals surface area contributed by atoms with Crippen molar-refractivity contribution in [1.82, 2.24) is 19.6 Å². The quantitative estimate of drug-likeness (QED) is 0.818. The Morgan fingerprint density at radius 3 is 2.33 bits per heavy atom. The van der Waals surface area contributed by atoms with Crippen LogP contribution in [0.2, 0.25) is 0 Å². The van der Waals surface area contributed by atoms with E-state index in [1.54, 1.807) is 11.7 Å².